The van der Waals surface area contributed by atoms with Crippen molar-refractivity contribution in [3.05, 3.63) is 78.4 Å². The molecule has 1 fully saturated rings. The number of carbonyl (C=O) groups excluding carboxylic acids is 1. The van der Waals surface area contributed by atoms with Gasteiger partial charge in [-0.1, -0.05) is 12.1 Å². The first-order valence-electron chi connectivity index (χ1n) is 13.0. The molecule has 1 aliphatic heterocycles. The number of hydrogen-bond donors (Lipinski definition) is 1. The second kappa shape index (κ2) is 12.9. The minimum Gasteiger partial charge on any atom is -0.468 e. The predicted octanol–water partition coefficient (Wildman–Crippen LogP) is 3.22. The van der Waals surface area contributed by atoms with Crippen molar-refractivity contribution >= 4 is 43.0 Å². The van der Waals surface area contributed by atoms with Crippen LogP contribution in [0.25, 0.3) is 0 Å². The lowest BCUT2D eigenvalue weighted by Crippen LogP contribution is -2.48. The zero-order valence-electron chi connectivity index (χ0n) is 23.2. The Morgan fingerprint density at radius 2 is 1.54 bits per heavy atom. The molecular formula is C28H34N4O7S2. The third-order valence-corrected chi connectivity index (χ3v) is 9.79. The van der Waals surface area contributed by atoms with Crippen molar-refractivity contribution in [3.8, 4) is 5.75 Å². The summed E-state index contributed by atoms with van der Waals surface area (Å²) in [6.07, 6.45) is 1.05. The number of piperazine rings is 1. The van der Waals surface area contributed by atoms with Crippen molar-refractivity contribution in [2.24, 2.45) is 0 Å². The van der Waals surface area contributed by atoms with Crippen LogP contribution in [0.3, 0.4) is 0 Å². The molecule has 1 saturated heterocycles. The minimum absolute atomic E-state index is 0.122. The van der Waals surface area contributed by atoms with Gasteiger partial charge in [0.25, 0.3) is 5.91 Å². The lowest BCUT2D eigenvalue weighted by molar-refractivity contribution is 0.0224. The van der Waals surface area contributed by atoms with E-state index in [0.29, 0.717) is 44.2 Å². The molecule has 1 amide bonds. The molecule has 1 heterocycles. The summed E-state index contributed by atoms with van der Waals surface area (Å²) in [5.74, 6) is 0.185. The lowest BCUT2D eigenvalue weighted by Gasteiger charge is -2.35. The number of anilines is 3. The van der Waals surface area contributed by atoms with Gasteiger partial charge in [-0.15, -0.1) is 0 Å². The number of benzene rings is 3. The summed E-state index contributed by atoms with van der Waals surface area (Å²) >= 11 is 0. The Labute approximate surface area is 241 Å². The highest BCUT2D eigenvalue weighted by Gasteiger charge is 2.29. The van der Waals surface area contributed by atoms with E-state index in [1.165, 1.54) is 41.7 Å². The molecule has 0 aromatic heterocycles. The third-order valence-electron chi connectivity index (χ3n) is 6.69. The highest BCUT2D eigenvalue weighted by atomic mass is 32.2. The van der Waals surface area contributed by atoms with Gasteiger partial charge in [-0.25, -0.2) is 16.8 Å². The fourth-order valence-electron chi connectivity index (χ4n) is 4.31. The first-order chi connectivity index (χ1) is 19.5. The topological polar surface area (TPSA) is 126 Å². The molecule has 13 heteroatoms. The van der Waals surface area contributed by atoms with Gasteiger partial charge in [0.2, 0.25) is 20.0 Å². The number of carbonyl (C=O) groups is 1. The van der Waals surface area contributed by atoms with Gasteiger partial charge in [-0.2, -0.15) is 4.31 Å². The molecule has 1 N–H and O–H groups in total. The van der Waals surface area contributed by atoms with E-state index in [1.54, 1.807) is 18.2 Å². The maximum atomic E-state index is 13.3. The molecule has 0 atom stereocenters. The van der Waals surface area contributed by atoms with Crippen molar-refractivity contribution in [2.45, 2.75) is 11.8 Å². The third kappa shape index (κ3) is 7.36. The average Bonchev–Trinajstić information content (AvgIpc) is 2.97. The van der Waals surface area contributed by atoms with Crippen LogP contribution in [-0.2, 0) is 24.8 Å². The maximum Gasteiger partial charge on any atom is 0.257 e. The van der Waals surface area contributed by atoms with E-state index < -0.39 is 26.0 Å². The maximum absolute atomic E-state index is 13.3. The van der Waals surface area contributed by atoms with Crippen molar-refractivity contribution in [1.29, 1.82) is 0 Å². The smallest absolute Gasteiger partial charge is 0.257 e. The van der Waals surface area contributed by atoms with Crippen molar-refractivity contribution in [1.82, 2.24) is 4.31 Å². The second-order valence-corrected chi connectivity index (χ2v) is 13.3. The van der Waals surface area contributed by atoms with E-state index >= 15 is 0 Å². The monoisotopic (exact) mass is 602 g/mol. The molecule has 220 valence electrons. The molecule has 41 heavy (non-hydrogen) atoms. The van der Waals surface area contributed by atoms with Crippen LogP contribution in [0, 0.1) is 0 Å². The van der Waals surface area contributed by atoms with E-state index in [-0.39, 0.29) is 22.9 Å². The van der Waals surface area contributed by atoms with Crippen LogP contribution < -0.4 is 19.3 Å². The van der Waals surface area contributed by atoms with E-state index in [1.807, 2.05) is 31.2 Å². The number of nitrogens with zero attached hydrogens (tertiary/aromatic N) is 3. The van der Waals surface area contributed by atoms with Crippen molar-refractivity contribution in [2.75, 3.05) is 67.4 Å². The number of rotatable bonds is 11. The molecule has 3 aromatic rings. The normalized spacial score (nSPS) is 14.5. The number of hydrogen-bond acceptors (Lipinski definition) is 8. The molecule has 3 aromatic carbocycles. The number of nitrogens with one attached hydrogen (secondary N) is 1. The molecule has 0 radical (unpaired) electrons. The number of sulfonamides is 2. The van der Waals surface area contributed by atoms with Crippen LogP contribution in [0.2, 0.25) is 0 Å². The predicted molar refractivity (Wildman–Crippen MR) is 159 cm³/mol. The molecule has 4 rings (SSSR count). The van der Waals surface area contributed by atoms with E-state index in [2.05, 4.69) is 10.2 Å². The number of para-hydroxylation sites is 1. The molecule has 11 nitrogen and oxygen atoms in total. The fourth-order valence-corrected chi connectivity index (χ4v) is 6.25. The Kier molecular flexibility index (Phi) is 9.53. The molecule has 0 unspecified atom stereocenters. The SMILES string of the molecule is CCOCOc1ccc(N2CCN(S(=O)(=O)c3ccc(NC(=O)c4ccccc4N(C)S(C)(=O)=O)cc3)CC2)cc1. The second-order valence-electron chi connectivity index (χ2n) is 9.37. The molecule has 0 bridgehead atoms. The number of amides is 1. The fraction of sp³-hybridized carbons (Fsp3) is 0.321. The summed E-state index contributed by atoms with van der Waals surface area (Å²) in [6.45, 7) is 4.39. The van der Waals surface area contributed by atoms with E-state index in [9.17, 15) is 21.6 Å². The highest BCUT2D eigenvalue weighted by Crippen LogP contribution is 2.26. The summed E-state index contributed by atoms with van der Waals surface area (Å²) in [5, 5.41) is 2.71. The zero-order valence-corrected chi connectivity index (χ0v) is 24.8. The Morgan fingerprint density at radius 3 is 2.15 bits per heavy atom. The van der Waals surface area contributed by atoms with Crippen molar-refractivity contribution < 1.29 is 31.1 Å². The van der Waals surface area contributed by atoms with Crippen LogP contribution in [0.5, 0.6) is 5.75 Å². The molecule has 0 spiro atoms. The zero-order chi connectivity index (χ0) is 29.6. The Hall–Kier alpha value is -3.65. The van der Waals surface area contributed by atoms with E-state index in [4.69, 9.17) is 9.47 Å². The molecule has 0 aliphatic carbocycles. The largest absolute Gasteiger partial charge is 0.468 e. The quantitative estimate of drug-likeness (QED) is 0.262. The minimum atomic E-state index is -3.73. The van der Waals surface area contributed by atoms with Crippen LogP contribution in [0.1, 0.15) is 17.3 Å². The van der Waals surface area contributed by atoms with Crippen molar-refractivity contribution in [3.63, 3.8) is 0 Å². The van der Waals surface area contributed by atoms with Gasteiger partial charge in [0.1, 0.15) is 5.75 Å². The molecule has 1 aliphatic rings. The summed E-state index contributed by atoms with van der Waals surface area (Å²) in [5.41, 5.74) is 1.76. The van der Waals surface area contributed by atoms with Crippen LogP contribution in [-0.4, -0.2) is 79.9 Å². The lowest BCUT2D eigenvalue weighted by atomic mass is 10.1. The summed E-state index contributed by atoms with van der Waals surface area (Å²) in [6, 6.07) is 19.9. The van der Waals surface area contributed by atoms with Crippen LogP contribution in [0.4, 0.5) is 17.1 Å². The Morgan fingerprint density at radius 1 is 0.902 bits per heavy atom. The highest BCUT2D eigenvalue weighted by molar-refractivity contribution is 7.92. The van der Waals surface area contributed by atoms with E-state index in [0.717, 1.165) is 16.2 Å². The van der Waals surface area contributed by atoms with Gasteiger partial charge in [-0.3, -0.25) is 9.10 Å². The Balaban J connectivity index is 1.37. The Bertz CT molecular complexity index is 1550. The van der Waals surface area contributed by atoms with Gasteiger partial charge in [0.05, 0.1) is 22.4 Å². The summed E-state index contributed by atoms with van der Waals surface area (Å²) < 4.78 is 63.8. The van der Waals surface area contributed by atoms with Crippen LogP contribution in [0.15, 0.2) is 77.7 Å². The number of ether oxygens (including phenoxy) is 2. The molecular weight excluding hydrogens is 568 g/mol. The molecule has 0 saturated carbocycles. The standard InChI is InChI=1S/C28H34N4O7S2/c1-4-38-21-39-24-13-11-23(12-14-24)31-17-19-32(20-18-31)41(36,37)25-15-9-22(10-16-25)29-28(33)26-7-5-6-8-27(26)30(2)40(3,34)35/h5-16H,4,17-21H2,1-3H3,(H,29,33). The first kappa shape index (κ1) is 30.3. The van der Waals surface area contributed by atoms with Gasteiger partial charge in [0.15, 0.2) is 6.79 Å². The summed E-state index contributed by atoms with van der Waals surface area (Å²) in [7, 11) is -5.93. The van der Waals surface area contributed by atoms with Gasteiger partial charge in [0, 0.05) is 51.2 Å². The van der Waals surface area contributed by atoms with Crippen LogP contribution >= 0.6 is 0 Å². The average molecular weight is 603 g/mol. The first-order valence-corrected chi connectivity index (χ1v) is 16.3. The van der Waals surface area contributed by atoms with Gasteiger partial charge in [-0.05, 0) is 67.6 Å². The van der Waals surface area contributed by atoms with Gasteiger partial charge < -0.3 is 19.7 Å². The summed E-state index contributed by atoms with van der Waals surface area (Å²) in [4.78, 5) is 15.2. The van der Waals surface area contributed by atoms with Gasteiger partial charge >= 0.3 is 0 Å².